The van der Waals surface area contributed by atoms with Crippen molar-refractivity contribution in [2.24, 2.45) is 0 Å². The molecule has 0 saturated carbocycles. The Balaban J connectivity index is 2.43. The predicted molar refractivity (Wildman–Crippen MR) is 138 cm³/mol. The zero-order chi connectivity index (χ0) is 25.6. The molecule has 0 aliphatic carbocycles. The monoisotopic (exact) mass is 547 g/mol. The summed E-state index contributed by atoms with van der Waals surface area (Å²) in [5, 5.41) is 3.94. The average molecular weight is 549 g/mol. The molecule has 2 unspecified atom stereocenters. The Morgan fingerprint density at radius 2 is 1.56 bits per heavy atom. The molecule has 1 N–H and O–H groups in total. The summed E-state index contributed by atoms with van der Waals surface area (Å²) in [5.41, 5.74) is 0.729. The number of sulfonamides is 1. The summed E-state index contributed by atoms with van der Waals surface area (Å²) in [4.78, 5) is 27.7. The molecule has 0 fully saturated rings. The molecule has 2 rings (SSSR count). The van der Waals surface area contributed by atoms with Gasteiger partial charge in [0.05, 0.1) is 11.9 Å². The Morgan fingerprint density at radius 3 is 2.06 bits per heavy atom. The van der Waals surface area contributed by atoms with Crippen LogP contribution in [0.2, 0.25) is 15.1 Å². The number of benzene rings is 2. The molecule has 11 heteroatoms. The van der Waals surface area contributed by atoms with Gasteiger partial charge >= 0.3 is 0 Å². The second-order valence-electron chi connectivity index (χ2n) is 7.96. The van der Waals surface area contributed by atoms with E-state index in [0.717, 1.165) is 10.6 Å². The highest BCUT2D eigenvalue weighted by molar-refractivity contribution is 7.92. The van der Waals surface area contributed by atoms with Crippen molar-refractivity contribution >= 4 is 62.3 Å². The number of rotatable bonds is 10. The van der Waals surface area contributed by atoms with Crippen LogP contribution in [0.4, 0.5) is 5.69 Å². The van der Waals surface area contributed by atoms with E-state index < -0.39 is 28.5 Å². The van der Waals surface area contributed by atoms with Crippen molar-refractivity contribution in [3.05, 3.63) is 63.1 Å². The summed E-state index contributed by atoms with van der Waals surface area (Å²) in [6.07, 6.45) is 1.71. The lowest BCUT2D eigenvalue weighted by Gasteiger charge is -2.32. The zero-order valence-corrected chi connectivity index (χ0v) is 22.5. The molecule has 2 aromatic carbocycles. The standard InChI is InChI=1S/C23H28Cl3N3O4S/c1-5-15(2)27-23(31)16(3)28(13-19-20(25)7-6-8-21(19)26)22(30)14-29(34(4,32)33)18-11-9-17(24)10-12-18/h6-12,15-16H,5,13-14H2,1-4H3,(H,27,31). The molecule has 2 amide bonds. The average Bonchev–Trinajstić information content (AvgIpc) is 2.76. The van der Waals surface area contributed by atoms with Crippen molar-refractivity contribution in [2.45, 2.75) is 45.8 Å². The van der Waals surface area contributed by atoms with Crippen molar-refractivity contribution in [3.8, 4) is 0 Å². The van der Waals surface area contributed by atoms with Crippen LogP contribution in [0.1, 0.15) is 32.8 Å². The largest absolute Gasteiger partial charge is 0.352 e. The van der Waals surface area contributed by atoms with Crippen molar-refractivity contribution in [1.29, 1.82) is 0 Å². The van der Waals surface area contributed by atoms with Crippen LogP contribution in [-0.4, -0.2) is 50.0 Å². The number of amides is 2. The normalized spacial score (nSPS) is 13.1. The summed E-state index contributed by atoms with van der Waals surface area (Å²) < 4.78 is 26.0. The Kier molecular flexibility index (Phi) is 10.1. The molecule has 2 aromatic rings. The van der Waals surface area contributed by atoms with Crippen LogP contribution < -0.4 is 9.62 Å². The Labute approximate surface area is 216 Å². The van der Waals surface area contributed by atoms with Crippen LogP contribution in [0.3, 0.4) is 0 Å². The zero-order valence-electron chi connectivity index (χ0n) is 19.4. The molecule has 0 bridgehead atoms. The van der Waals surface area contributed by atoms with Gasteiger partial charge in [-0.1, -0.05) is 47.8 Å². The highest BCUT2D eigenvalue weighted by Gasteiger charge is 2.31. The highest BCUT2D eigenvalue weighted by Crippen LogP contribution is 2.27. The molecular formula is C23H28Cl3N3O4S. The molecule has 7 nitrogen and oxygen atoms in total. The van der Waals surface area contributed by atoms with Crippen molar-refractivity contribution in [2.75, 3.05) is 17.1 Å². The molecule has 0 heterocycles. The fourth-order valence-corrected chi connectivity index (χ4v) is 4.62. The number of hydrogen-bond acceptors (Lipinski definition) is 4. The van der Waals surface area contributed by atoms with Gasteiger partial charge in [0.1, 0.15) is 12.6 Å². The van der Waals surface area contributed by atoms with E-state index in [1.54, 1.807) is 25.1 Å². The van der Waals surface area contributed by atoms with E-state index in [9.17, 15) is 18.0 Å². The van der Waals surface area contributed by atoms with Gasteiger partial charge in [0.25, 0.3) is 0 Å². The molecule has 2 atom stereocenters. The fraction of sp³-hybridized carbons (Fsp3) is 0.391. The number of nitrogens with zero attached hydrogens (tertiary/aromatic N) is 2. The van der Waals surface area contributed by atoms with Gasteiger partial charge in [0.2, 0.25) is 21.8 Å². The number of nitrogens with one attached hydrogen (secondary N) is 1. The van der Waals surface area contributed by atoms with Crippen LogP contribution in [-0.2, 0) is 26.2 Å². The number of carbonyl (C=O) groups is 2. The van der Waals surface area contributed by atoms with E-state index in [4.69, 9.17) is 34.8 Å². The lowest BCUT2D eigenvalue weighted by molar-refractivity contribution is -0.139. The third-order valence-corrected chi connectivity index (χ3v) is 7.45. The van der Waals surface area contributed by atoms with Gasteiger partial charge in [-0.2, -0.15) is 0 Å². The minimum atomic E-state index is -3.83. The minimum Gasteiger partial charge on any atom is -0.352 e. The first-order chi connectivity index (χ1) is 15.8. The third-order valence-electron chi connectivity index (χ3n) is 5.35. The van der Waals surface area contributed by atoms with Gasteiger partial charge in [-0.05, 0) is 56.7 Å². The van der Waals surface area contributed by atoms with Gasteiger partial charge in [-0.25, -0.2) is 8.42 Å². The summed E-state index contributed by atoms with van der Waals surface area (Å²) in [7, 11) is -3.83. The maximum Gasteiger partial charge on any atom is 0.244 e. The van der Waals surface area contributed by atoms with Gasteiger partial charge in [0.15, 0.2) is 0 Å². The van der Waals surface area contributed by atoms with Gasteiger partial charge in [0, 0.05) is 33.2 Å². The van der Waals surface area contributed by atoms with Crippen LogP contribution in [0.5, 0.6) is 0 Å². The molecule has 0 aliphatic heterocycles. The second kappa shape index (κ2) is 12.1. The highest BCUT2D eigenvalue weighted by atomic mass is 35.5. The third kappa shape index (κ3) is 7.50. The quantitative estimate of drug-likeness (QED) is 0.464. The van der Waals surface area contributed by atoms with Crippen LogP contribution in [0.15, 0.2) is 42.5 Å². The molecule has 0 radical (unpaired) electrons. The maximum atomic E-state index is 13.5. The van der Waals surface area contributed by atoms with Gasteiger partial charge in [-0.3, -0.25) is 13.9 Å². The van der Waals surface area contributed by atoms with Crippen LogP contribution in [0.25, 0.3) is 0 Å². The first-order valence-corrected chi connectivity index (χ1v) is 13.6. The summed E-state index contributed by atoms with van der Waals surface area (Å²) in [5.74, 6) is -0.966. The molecule has 0 aliphatic rings. The van der Waals surface area contributed by atoms with E-state index in [2.05, 4.69) is 5.32 Å². The summed E-state index contributed by atoms with van der Waals surface area (Å²) in [6, 6.07) is 9.99. The fourth-order valence-electron chi connectivity index (χ4n) is 3.12. The first-order valence-electron chi connectivity index (χ1n) is 10.6. The summed E-state index contributed by atoms with van der Waals surface area (Å²) in [6.45, 7) is 4.76. The molecule has 0 spiro atoms. The number of anilines is 1. The van der Waals surface area contributed by atoms with E-state index >= 15 is 0 Å². The molecule has 34 heavy (non-hydrogen) atoms. The molecular weight excluding hydrogens is 521 g/mol. The predicted octanol–water partition coefficient (Wildman–Crippen LogP) is 4.74. The van der Waals surface area contributed by atoms with Gasteiger partial charge in [-0.15, -0.1) is 0 Å². The van der Waals surface area contributed by atoms with Gasteiger partial charge < -0.3 is 10.2 Å². The molecule has 186 valence electrons. The Bertz CT molecular complexity index is 1110. The number of halogens is 3. The smallest absolute Gasteiger partial charge is 0.244 e. The van der Waals surface area contributed by atoms with E-state index in [1.807, 2.05) is 13.8 Å². The number of carbonyl (C=O) groups excluding carboxylic acids is 2. The number of hydrogen-bond donors (Lipinski definition) is 1. The van der Waals surface area contributed by atoms with Crippen molar-refractivity contribution in [3.63, 3.8) is 0 Å². The van der Waals surface area contributed by atoms with E-state index in [-0.39, 0.29) is 24.2 Å². The topological polar surface area (TPSA) is 86.8 Å². The minimum absolute atomic E-state index is 0.0787. The van der Waals surface area contributed by atoms with Crippen molar-refractivity contribution < 1.29 is 18.0 Å². The lowest BCUT2D eigenvalue weighted by atomic mass is 10.1. The Hall–Kier alpha value is -2.00. The molecule has 0 saturated heterocycles. The van der Waals surface area contributed by atoms with Crippen molar-refractivity contribution in [1.82, 2.24) is 10.2 Å². The molecule has 0 aromatic heterocycles. The van der Waals surface area contributed by atoms with Crippen LogP contribution in [0, 0.1) is 0 Å². The van der Waals surface area contributed by atoms with E-state index in [0.29, 0.717) is 27.1 Å². The summed E-state index contributed by atoms with van der Waals surface area (Å²) >= 11 is 18.6. The maximum absolute atomic E-state index is 13.5. The lowest BCUT2D eigenvalue weighted by Crippen LogP contribution is -2.52. The first kappa shape index (κ1) is 28.2. The second-order valence-corrected chi connectivity index (χ2v) is 11.1. The van der Waals surface area contributed by atoms with Crippen LogP contribution >= 0.6 is 34.8 Å². The SMILES string of the molecule is CCC(C)NC(=O)C(C)N(Cc1c(Cl)cccc1Cl)C(=O)CN(c1ccc(Cl)cc1)S(C)(=O)=O. The Morgan fingerprint density at radius 1 is 1.00 bits per heavy atom. The van der Waals surface area contributed by atoms with E-state index in [1.165, 1.54) is 29.2 Å².